The van der Waals surface area contributed by atoms with Crippen molar-refractivity contribution in [2.75, 3.05) is 27.2 Å². The molecule has 3 nitrogen and oxygen atoms in total. The molecule has 1 atom stereocenters. The largest absolute Gasteiger partial charge is 0.393 e. The fraction of sp³-hybridized carbons (Fsp3) is 1.00. The molecule has 1 saturated carbocycles. The first-order valence-electron chi connectivity index (χ1n) is 5.25. The van der Waals surface area contributed by atoms with Crippen molar-refractivity contribution in [3.05, 3.63) is 0 Å². The Kier molecular flexibility index (Phi) is 2.58. The number of aliphatic hydroxyl groups excluding tert-OH is 1. The highest BCUT2D eigenvalue weighted by molar-refractivity contribution is 4.92. The molecule has 13 heavy (non-hydrogen) atoms. The Morgan fingerprint density at radius 3 is 2.46 bits per heavy atom. The highest BCUT2D eigenvalue weighted by Crippen LogP contribution is 2.29. The number of aliphatic hydroxyl groups is 1. The fourth-order valence-electron chi connectivity index (χ4n) is 2.38. The van der Waals surface area contributed by atoms with Crippen LogP contribution >= 0.6 is 0 Å². The lowest BCUT2D eigenvalue weighted by molar-refractivity contribution is 0.00925. The van der Waals surface area contributed by atoms with E-state index in [4.69, 9.17) is 0 Å². The van der Waals surface area contributed by atoms with Gasteiger partial charge in [-0.25, -0.2) is 0 Å². The van der Waals surface area contributed by atoms with Crippen LogP contribution < -0.4 is 0 Å². The van der Waals surface area contributed by atoms with Gasteiger partial charge in [0.2, 0.25) is 0 Å². The highest BCUT2D eigenvalue weighted by Gasteiger charge is 2.36. The minimum atomic E-state index is -0.0107. The van der Waals surface area contributed by atoms with Crippen LogP contribution in [0.25, 0.3) is 0 Å². The standard InChI is InChI=1S/C10H20N2O/c1-11(2)8-3-4-12(7-8)9-5-10(13)6-9/h8-10,13H,3-7H2,1-2H3/t8-,9-,10+/m1/s1. The van der Waals surface area contributed by atoms with E-state index < -0.39 is 0 Å². The van der Waals surface area contributed by atoms with Gasteiger partial charge < -0.3 is 10.0 Å². The molecule has 0 aromatic heterocycles. The van der Waals surface area contributed by atoms with Crippen molar-refractivity contribution in [1.82, 2.24) is 9.80 Å². The minimum Gasteiger partial charge on any atom is -0.393 e. The van der Waals surface area contributed by atoms with E-state index in [2.05, 4.69) is 23.9 Å². The van der Waals surface area contributed by atoms with E-state index in [0.717, 1.165) is 18.9 Å². The minimum absolute atomic E-state index is 0.0107. The van der Waals surface area contributed by atoms with Crippen molar-refractivity contribution >= 4 is 0 Å². The van der Waals surface area contributed by atoms with Gasteiger partial charge in [0, 0.05) is 25.2 Å². The van der Waals surface area contributed by atoms with Crippen molar-refractivity contribution in [2.24, 2.45) is 0 Å². The molecule has 0 bridgehead atoms. The summed E-state index contributed by atoms with van der Waals surface area (Å²) >= 11 is 0. The molecule has 0 radical (unpaired) electrons. The zero-order valence-corrected chi connectivity index (χ0v) is 8.61. The molecular weight excluding hydrogens is 164 g/mol. The van der Waals surface area contributed by atoms with Gasteiger partial charge in [0.15, 0.2) is 0 Å². The molecule has 1 aliphatic heterocycles. The van der Waals surface area contributed by atoms with E-state index in [9.17, 15) is 5.11 Å². The quantitative estimate of drug-likeness (QED) is 0.661. The van der Waals surface area contributed by atoms with E-state index >= 15 is 0 Å². The van der Waals surface area contributed by atoms with Gasteiger partial charge in [-0.2, -0.15) is 0 Å². The van der Waals surface area contributed by atoms with Gasteiger partial charge in [-0.3, -0.25) is 4.90 Å². The Morgan fingerprint density at radius 1 is 1.31 bits per heavy atom. The normalized spacial score (nSPS) is 41.1. The van der Waals surface area contributed by atoms with Crippen LogP contribution in [0.2, 0.25) is 0 Å². The summed E-state index contributed by atoms with van der Waals surface area (Å²) in [6.45, 7) is 2.42. The summed E-state index contributed by atoms with van der Waals surface area (Å²) in [5.74, 6) is 0. The molecule has 1 aliphatic carbocycles. The van der Waals surface area contributed by atoms with E-state index in [1.54, 1.807) is 0 Å². The number of hydrogen-bond acceptors (Lipinski definition) is 3. The Hall–Kier alpha value is -0.120. The second-order valence-electron chi connectivity index (χ2n) is 4.68. The predicted octanol–water partition coefficient (Wildman–Crippen LogP) is 0.146. The molecule has 0 aromatic rings. The number of rotatable bonds is 2. The van der Waals surface area contributed by atoms with Gasteiger partial charge in [-0.15, -0.1) is 0 Å². The summed E-state index contributed by atoms with van der Waals surface area (Å²) in [7, 11) is 4.31. The van der Waals surface area contributed by atoms with Crippen molar-refractivity contribution in [3.8, 4) is 0 Å². The summed E-state index contributed by atoms with van der Waals surface area (Å²) in [5, 5.41) is 9.22. The molecule has 0 aromatic carbocycles. The number of nitrogens with zero attached hydrogens (tertiary/aromatic N) is 2. The van der Waals surface area contributed by atoms with Gasteiger partial charge in [-0.05, 0) is 33.4 Å². The molecule has 3 heteroatoms. The van der Waals surface area contributed by atoms with Gasteiger partial charge in [0.25, 0.3) is 0 Å². The molecule has 76 valence electrons. The van der Waals surface area contributed by atoms with Crippen LogP contribution in [0.3, 0.4) is 0 Å². The van der Waals surface area contributed by atoms with Crippen LogP contribution in [0, 0.1) is 0 Å². The van der Waals surface area contributed by atoms with Crippen molar-refractivity contribution < 1.29 is 5.11 Å². The summed E-state index contributed by atoms with van der Waals surface area (Å²) in [6.07, 6.45) is 3.28. The maximum atomic E-state index is 9.22. The maximum Gasteiger partial charge on any atom is 0.0570 e. The first-order valence-corrected chi connectivity index (χ1v) is 5.25. The summed E-state index contributed by atoms with van der Waals surface area (Å²) in [5.41, 5.74) is 0. The van der Waals surface area contributed by atoms with Crippen LogP contribution in [-0.4, -0.2) is 60.3 Å². The molecule has 1 N–H and O–H groups in total. The zero-order valence-electron chi connectivity index (χ0n) is 8.61. The van der Waals surface area contributed by atoms with Crippen molar-refractivity contribution in [1.29, 1.82) is 0 Å². The second-order valence-corrected chi connectivity index (χ2v) is 4.68. The van der Waals surface area contributed by atoms with Crippen molar-refractivity contribution in [2.45, 2.75) is 37.5 Å². The SMILES string of the molecule is CN(C)[C@@H]1CCN([C@H]2C[C@@H](O)C2)C1. The number of likely N-dealkylation sites (N-methyl/N-ethyl adjacent to an activating group) is 1. The molecule has 0 amide bonds. The van der Waals surface area contributed by atoms with E-state index in [1.807, 2.05) is 0 Å². The van der Waals surface area contributed by atoms with Gasteiger partial charge in [0.1, 0.15) is 0 Å². The number of likely N-dealkylation sites (tertiary alicyclic amines) is 1. The zero-order chi connectivity index (χ0) is 9.42. The third-order valence-corrected chi connectivity index (χ3v) is 3.53. The van der Waals surface area contributed by atoms with Crippen LogP contribution in [0.15, 0.2) is 0 Å². The topological polar surface area (TPSA) is 26.7 Å². The van der Waals surface area contributed by atoms with Gasteiger partial charge in [-0.1, -0.05) is 0 Å². The lowest BCUT2D eigenvalue weighted by Gasteiger charge is -2.38. The summed E-state index contributed by atoms with van der Waals surface area (Å²) in [4.78, 5) is 4.85. The first-order chi connectivity index (χ1) is 6.16. The highest BCUT2D eigenvalue weighted by atomic mass is 16.3. The van der Waals surface area contributed by atoms with Crippen LogP contribution in [-0.2, 0) is 0 Å². The molecule has 2 fully saturated rings. The molecule has 0 spiro atoms. The maximum absolute atomic E-state index is 9.22. The lowest BCUT2D eigenvalue weighted by Crippen LogP contribution is -2.47. The second kappa shape index (κ2) is 3.56. The Labute approximate surface area is 80.3 Å². The van der Waals surface area contributed by atoms with Gasteiger partial charge in [0.05, 0.1) is 6.10 Å². The molecule has 1 saturated heterocycles. The fourth-order valence-corrected chi connectivity index (χ4v) is 2.38. The Morgan fingerprint density at radius 2 is 2.00 bits per heavy atom. The Balaban J connectivity index is 1.78. The van der Waals surface area contributed by atoms with Crippen molar-refractivity contribution in [3.63, 3.8) is 0 Å². The van der Waals surface area contributed by atoms with E-state index in [-0.39, 0.29) is 6.10 Å². The van der Waals surface area contributed by atoms with Gasteiger partial charge >= 0.3 is 0 Å². The number of hydrogen-bond donors (Lipinski definition) is 1. The first kappa shape index (κ1) is 9.44. The molecular formula is C10H20N2O. The van der Waals surface area contributed by atoms with E-state index in [0.29, 0.717) is 6.04 Å². The summed E-state index contributed by atoms with van der Waals surface area (Å²) < 4.78 is 0. The van der Waals surface area contributed by atoms with Crippen LogP contribution in [0.4, 0.5) is 0 Å². The Bertz CT molecular complexity index is 178. The molecule has 1 heterocycles. The van der Waals surface area contributed by atoms with Crippen LogP contribution in [0.5, 0.6) is 0 Å². The summed E-state index contributed by atoms with van der Waals surface area (Å²) in [6, 6.07) is 1.41. The smallest absolute Gasteiger partial charge is 0.0570 e. The third-order valence-electron chi connectivity index (χ3n) is 3.53. The third kappa shape index (κ3) is 1.87. The van der Waals surface area contributed by atoms with Crippen LogP contribution in [0.1, 0.15) is 19.3 Å². The van der Waals surface area contributed by atoms with E-state index in [1.165, 1.54) is 19.5 Å². The predicted molar refractivity (Wildman–Crippen MR) is 52.7 cm³/mol. The molecule has 2 aliphatic rings. The lowest BCUT2D eigenvalue weighted by atomic mass is 9.88. The average molecular weight is 184 g/mol. The molecule has 0 unspecified atom stereocenters. The molecule has 2 rings (SSSR count). The average Bonchev–Trinajstić information content (AvgIpc) is 2.46. The monoisotopic (exact) mass is 184 g/mol.